The Labute approximate surface area is 149 Å². The van der Waals surface area contributed by atoms with Gasteiger partial charge in [0.25, 0.3) is 5.91 Å². The van der Waals surface area contributed by atoms with E-state index >= 15 is 0 Å². The molecule has 0 spiro atoms. The van der Waals surface area contributed by atoms with Crippen molar-refractivity contribution in [1.82, 2.24) is 5.32 Å². The number of carbonyl (C=O) groups excluding carboxylic acids is 1. The first kappa shape index (κ1) is 18.3. The third-order valence-electron chi connectivity index (χ3n) is 4.00. The van der Waals surface area contributed by atoms with E-state index in [1.807, 2.05) is 13.8 Å². The molecule has 0 fully saturated rings. The number of aryl methyl sites for hydroxylation is 2. The first-order valence-corrected chi connectivity index (χ1v) is 8.58. The van der Waals surface area contributed by atoms with Gasteiger partial charge in [-0.15, -0.1) is 0 Å². The molecule has 0 aliphatic carbocycles. The van der Waals surface area contributed by atoms with Gasteiger partial charge >= 0.3 is 0 Å². The third-order valence-corrected chi connectivity index (χ3v) is 4.23. The molecular weight excluding hydrogens is 322 g/mol. The fourth-order valence-corrected chi connectivity index (χ4v) is 2.82. The molecule has 2 aromatic rings. The predicted octanol–water partition coefficient (Wildman–Crippen LogP) is 4.99. The van der Waals surface area contributed by atoms with Crippen LogP contribution in [0, 0.1) is 13.8 Å². The summed E-state index contributed by atoms with van der Waals surface area (Å²) in [5, 5.41) is 3.64. The summed E-state index contributed by atoms with van der Waals surface area (Å²) in [6.07, 6.45) is 0.0359. The Morgan fingerprint density at radius 3 is 2.62 bits per heavy atom. The molecule has 0 radical (unpaired) electrons. The van der Waals surface area contributed by atoms with Crippen LogP contribution in [0.15, 0.2) is 42.5 Å². The Bertz CT molecular complexity index is 715. The molecule has 1 N–H and O–H groups in total. The van der Waals surface area contributed by atoms with Crippen LogP contribution < -0.4 is 10.1 Å². The summed E-state index contributed by atoms with van der Waals surface area (Å²) in [5.74, 6) is 0.481. The smallest absolute Gasteiger partial charge is 0.261 e. The van der Waals surface area contributed by atoms with E-state index in [0.29, 0.717) is 17.2 Å². The van der Waals surface area contributed by atoms with E-state index in [0.717, 1.165) is 11.1 Å². The Kier molecular flexibility index (Phi) is 6.27. The molecule has 0 bridgehead atoms. The average Bonchev–Trinajstić information content (AvgIpc) is 2.54. The lowest BCUT2D eigenvalue weighted by Crippen LogP contribution is -2.39. The molecule has 0 heterocycles. The minimum Gasteiger partial charge on any atom is -0.481 e. The van der Waals surface area contributed by atoms with E-state index in [4.69, 9.17) is 16.3 Å². The zero-order valence-corrected chi connectivity index (χ0v) is 15.4. The minimum absolute atomic E-state index is 0.0746. The minimum atomic E-state index is -0.545. The average molecular weight is 346 g/mol. The van der Waals surface area contributed by atoms with Crippen LogP contribution in [0.1, 0.15) is 43.0 Å². The largest absolute Gasteiger partial charge is 0.481 e. The van der Waals surface area contributed by atoms with Crippen molar-refractivity contribution in [2.24, 2.45) is 0 Å². The summed E-state index contributed by atoms with van der Waals surface area (Å²) in [4.78, 5) is 12.6. The molecule has 0 aliphatic heterocycles. The maximum atomic E-state index is 12.6. The molecule has 128 valence electrons. The van der Waals surface area contributed by atoms with Crippen molar-refractivity contribution < 1.29 is 9.53 Å². The summed E-state index contributed by atoms with van der Waals surface area (Å²) in [5.41, 5.74) is 3.47. The highest BCUT2D eigenvalue weighted by molar-refractivity contribution is 6.30. The van der Waals surface area contributed by atoms with Crippen LogP contribution in [0.5, 0.6) is 5.75 Å². The molecule has 0 unspecified atom stereocenters. The van der Waals surface area contributed by atoms with Gasteiger partial charge in [0.15, 0.2) is 6.10 Å². The van der Waals surface area contributed by atoms with E-state index in [1.165, 1.54) is 5.56 Å². The summed E-state index contributed by atoms with van der Waals surface area (Å²) in [6.45, 7) is 8.02. The standard InChI is InChI=1S/C20H24ClNO2/c1-5-19(24-17-8-6-7-16(21)12-17)20(23)22-15(4)18-11-13(2)9-10-14(18)3/h6-12,15,19H,5H2,1-4H3,(H,22,23)/t15-,19-/m1/s1. The number of carbonyl (C=O) groups is 1. The van der Waals surface area contributed by atoms with Gasteiger partial charge in [-0.1, -0.05) is 48.4 Å². The predicted molar refractivity (Wildman–Crippen MR) is 98.6 cm³/mol. The third kappa shape index (κ3) is 4.75. The second-order valence-electron chi connectivity index (χ2n) is 6.06. The van der Waals surface area contributed by atoms with E-state index in [9.17, 15) is 4.79 Å². The van der Waals surface area contributed by atoms with Gasteiger partial charge in [-0.25, -0.2) is 0 Å². The molecule has 1 amide bonds. The molecule has 4 heteroatoms. The van der Waals surface area contributed by atoms with Crippen LogP contribution in [0.25, 0.3) is 0 Å². The lowest BCUT2D eigenvalue weighted by molar-refractivity contribution is -0.128. The van der Waals surface area contributed by atoms with Gasteiger partial charge in [0.1, 0.15) is 5.75 Å². The lowest BCUT2D eigenvalue weighted by atomic mass is 10.00. The monoisotopic (exact) mass is 345 g/mol. The summed E-state index contributed by atoms with van der Waals surface area (Å²) >= 11 is 5.97. The number of rotatable bonds is 6. The van der Waals surface area contributed by atoms with Crippen LogP contribution >= 0.6 is 11.6 Å². The molecular formula is C20H24ClNO2. The Morgan fingerprint density at radius 2 is 1.96 bits per heavy atom. The molecule has 0 aliphatic rings. The zero-order valence-electron chi connectivity index (χ0n) is 14.6. The molecule has 0 aromatic heterocycles. The van der Waals surface area contributed by atoms with Crippen molar-refractivity contribution in [3.63, 3.8) is 0 Å². The van der Waals surface area contributed by atoms with Crippen LogP contribution in [0.2, 0.25) is 5.02 Å². The summed E-state index contributed by atoms with van der Waals surface area (Å²) in [6, 6.07) is 13.3. The van der Waals surface area contributed by atoms with Gasteiger partial charge < -0.3 is 10.1 Å². The Balaban J connectivity index is 2.07. The number of halogens is 1. The second kappa shape index (κ2) is 8.20. The first-order valence-electron chi connectivity index (χ1n) is 8.20. The molecule has 2 aromatic carbocycles. The van der Waals surface area contributed by atoms with Crippen LogP contribution in [-0.2, 0) is 4.79 Å². The molecule has 3 nitrogen and oxygen atoms in total. The molecule has 24 heavy (non-hydrogen) atoms. The van der Waals surface area contributed by atoms with Gasteiger partial charge in [0, 0.05) is 5.02 Å². The zero-order chi connectivity index (χ0) is 17.7. The maximum absolute atomic E-state index is 12.6. The van der Waals surface area contributed by atoms with Crippen molar-refractivity contribution in [3.05, 3.63) is 64.2 Å². The van der Waals surface area contributed by atoms with Crippen LogP contribution in [0.3, 0.4) is 0 Å². The highest BCUT2D eigenvalue weighted by Gasteiger charge is 2.21. The summed E-state index contributed by atoms with van der Waals surface area (Å²) in [7, 11) is 0. The molecule has 2 rings (SSSR count). The normalized spacial score (nSPS) is 13.2. The van der Waals surface area contributed by atoms with Gasteiger partial charge in [-0.05, 0) is 56.5 Å². The van der Waals surface area contributed by atoms with E-state index in [-0.39, 0.29) is 11.9 Å². The molecule has 0 saturated carbocycles. The number of hydrogen-bond donors (Lipinski definition) is 1. The number of ether oxygens (including phenoxy) is 1. The van der Waals surface area contributed by atoms with Gasteiger partial charge in [-0.3, -0.25) is 4.79 Å². The summed E-state index contributed by atoms with van der Waals surface area (Å²) < 4.78 is 5.80. The second-order valence-corrected chi connectivity index (χ2v) is 6.50. The van der Waals surface area contributed by atoms with Crippen molar-refractivity contribution in [2.45, 2.75) is 46.3 Å². The molecule has 2 atom stereocenters. The topological polar surface area (TPSA) is 38.3 Å². The SMILES string of the molecule is CC[C@@H](Oc1cccc(Cl)c1)C(=O)N[C@H](C)c1cc(C)ccc1C. The fraction of sp³-hybridized carbons (Fsp3) is 0.350. The Morgan fingerprint density at radius 1 is 1.21 bits per heavy atom. The van der Waals surface area contributed by atoms with E-state index in [2.05, 4.69) is 37.4 Å². The first-order chi connectivity index (χ1) is 11.4. The van der Waals surface area contributed by atoms with Crippen molar-refractivity contribution in [2.75, 3.05) is 0 Å². The fourth-order valence-electron chi connectivity index (χ4n) is 2.64. The van der Waals surface area contributed by atoms with E-state index in [1.54, 1.807) is 24.3 Å². The number of amides is 1. The van der Waals surface area contributed by atoms with Crippen LogP contribution in [0.4, 0.5) is 0 Å². The van der Waals surface area contributed by atoms with E-state index < -0.39 is 6.10 Å². The quantitative estimate of drug-likeness (QED) is 0.800. The van der Waals surface area contributed by atoms with Gasteiger partial charge in [-0.2, -0.15) is 0 Å². The number of hydrogen-bond acceptors (Lipinski definition) is 2. The molecule has 0 saturated heterocycles. The number of nitrogens with one attached hydrogen (secondary N) is 1. The lowest BCUT2D eigenvalue weighted by Gasteiger charge is -2.22. The van der Waals surface area contributed by atoms with Crippen molar-refractivity contribution >= 4 is 17.5 Å². The maximum Gasteiger partial charge on any atom is 0.261 e. The highest BCUT2D eigenvalue weighted by atomic mass is 35.5. The van der Waals surface area contributed by atoms with Crippen molar-refractivity contribution in [1.29, 1.82) is 0 Å². The van der Waals surface area contributed by atoms with Gasteiger partial charge in [0.2, 0.25) is 0 Å². The van der Waals surface area contributed by atoms with Crippen molar-refractivity contribution in [3.8, 4) is 5.75 Å². The van der Waals surface area contributed by atoms with Gasteiger partial charge in [0.05, 0.1) is 6.04 Å². The number of benzene rings is 2. The highest BCUT2D eigenvalue weighted by Crippen LogP contribution is 2.21. The Hall–Kier alpha value is -2.00. The van der Waals surface area contributed by atoms with Crippen LogP contribution in [-0.4, -0.2) is 12.0 Å².